The molecule has 3 rings (SSSR count). The Balaban J connectivity index is 2.10. The van der Waals surface area contributed by atoms with Crippen LogP contribution in [0.3, 0.4) is 0 Å². The fourth-order valence-corrected chi connectivity index (χ4v) is 2.58. The highest BCUT2D eigenvalue weighted by Gasteiger charge is 2.10. The number of hydrogen-bond donors (Lipinski definition) is 2. The van der Waals surface area contributed by atoms with Gasteiger partial charge < -0.3 is 5.32 Å². The molecule has 1 aromatic carbocycles. The fourth-order valence-electron chi connectivity index (χ4n) is 2.58. The zero-order chi connectivity index (χ0) is 16.4. The van der Waals surface area contributed by atoms with Crippen molar-refractivity contribution in [3.05, 3.63) is 42.4 Å². The Hall–Kier alpha value is -2.89. The maximum Gasteiger partial charge on any atom is 0.320 e. The van der Waals surface area contributed by atoms with Gasteiger partial charge in [-0.2, -0.15) is 5.10 Å². The smallest absolute Gasteiger partial charge is 0.320 e. The van der Waals surface area contributed by atoms with Crippen LogP contribution in [-0.2, 0) is 7.05 Å². The summed E-state index contributed by atoms with van der Waals surface area (Å²) in [6, 6.07) is 5.79. The van der Waals surface area contributed by atoms with E-state index in [0.29, 0.717) is 12.4 Å². The minimum Gasteiger partial charge on any atom is -0.338 e. The first kappa shape index (κ1) is 15.0. The Labute approximate surface area is 134 Å². The van der Waals surface area contributed by atoms with Crippen LogP contribution in [0.15, 0.2) is 36.8 Å². The van der Waals surface area contributed by atoms with E-state index in [1.807, 2.05) is 39.4 Å². The molecular formula is C17H19N5O. The predicted molar refractivity (Wildman–Crippen MR) is 91.4 cm³/mol. The molecule has 23 heavy (non-hydrogen) atoms. The molecule has 2 amide bonds. The van der Waals surface area contributed by atoms with Crippen molar-refractivity contribution in [1.29, 1.82) is 0 Å². The molecule has 0 aliphatic rings. The first-order valence-corrected chi connectivity index (χ1v) is 7.51. The Morgan fingerprint density at radius 1 is 1.26 bits per heavy atom. The number of rotatable bonds is 3. The minimum absolute atomic E-state index is 0.255. The number of nitrogens with zero attached hydrogens (tertiary/aromatic N) is 3. The van der Waals surface area contributed by atoms with Crippen LogP contribution >= 0.6 is 0 Å². The monoisotopic (exact) mass is 309 g/mol. The van der Waals surface area contributed by atoms with Gasteiger partial charge in [-0.05, 0) is 36.4 Å². The maximum atomic E-state index is 11.7. The van der Waals surface area contributed by atoms with E-state index in [1.165, 1.54) is 0 Å². The highest BCUT2D eigenvalue weighted by molar-refractivity contribution is 6.00. The molecule has 0 unspecified atom stereocenters. The van der Waals surface area contributed by atoms with Crippen molar-refractivity contribution in [3.8, 4) is 11.1 Å². The van der Waals surface area contributed by atoms with E-state index < -0.39 is 0 Å². The van der Waals surface area contributed by atoms with Crippen molar-refractivity contribution in [3.63, 3.8) is 0 Å². The van der Waals surface area contributed by atoms with Crippen molar-refractivity contribution >= 4 is 22.6 Å². The highest BCUT2D eigenvalue weighted by Crippen LogP contribution is 2.31. The molecule has 0 atom stereocenters. The van der Waals surface area contributed by atoms with Crippen LogP contribution in [0, 0.1) is 6.92 Å². The molecule has 6 nitrogen and oxygen atoms in total. The van der Waals surface area contributed by atoms with Gasteiger partial charge in [0.25, 0.3) is 0 Å². The number of benzene rings is 1. The molecule has 118 valence electrons. The Morgan fingerprint density at radius 3 is 2.78 bits per heavy atom. The first-order chi connectivity index (χ1) is 11.1. The lowest BCUT2D eigenvalue weighted by Crippen LogP contribution is -2.28. The molecule has 0 aliphatic heterocycles. The van der Waals surface area contributed by atoms with E-state index >= 15 is 0 Å². The van der Waals surface area contributed by atoms with E-state index in [4.69, 9.17) is 0 Å². The van der Waals surface area contributed by atoms with Gasteiger partial charge in [-0.25, -0.2) is 9.78 Å². The molecule has 3 aromatic rings. The lowest BCUT2D eigenvalue weighted by molar-refractivity contribution is 0.252. The number of nitrogens with one attached hydrogen (secondary N) is 2. The number of pyridine rings is 1. The van der Waals surface area contributed by atoms with E-state index in [-0.39, 0.29) is 6.03 Å². The van der Waals surface area contributed by atoms with Crippen LogP contribution in [0.5, 0.6) is 0 Å². The number of hydrogen-bond acceptors (Lipinski definition) is 3. The Morgan fingerprint density at radius 2 is 2.09 bits per heavy atom. The predicted octanol–water partition coefficient (Wildman–Crippen LogP) is 3.09. The van der Waals surface area contributed by atoms with Gasteiger partial charge >= 0.3 is 6.03 Å². The number of aryl methyl sites for hydroxylation is 2. The highest BCUT2D eigenvalue weighted by atomic mass is 16.2. The van der Waals surface area contributed by atoms with E-state index in [9.17, 15) is 4.79 Å². The zero-order valence-electron chi connectivity index (χ0n) is 13.4. The van der Waals surface area contributed by atoms with Crippen LogP contribution in [0.1, 0.15) is 12.5 Å². The second kappa shape index (κ2) is 6.08. The average molecular weight is 309 g/mol. The van der Waals surface area contributed by atoms with E-state index in [1.54, 1.807) is 10.9 Å². The van der Waals surface area contributed by atoms with E-state index in [2.05, 4.69) is 32.8 Å². The molecule has 2 N–H and O–H groups in total. The van der Waals surface area contributed by atoms with Crippen molar-refractivity contribution in [2.75, 3.05) is 11.9 Å². The Kier molecular flexibility index (Phi) is 3.97. The number of carbonyl (C=O) groups excluding carboxylic acids is 1. The topological polar surface area (TPSA) is 71.8 Å². The molecule has 0 radical (unpaired) electrons. The summed E-state index contributed by atoms with van der Waals surface area (Å²) in [5.74, 6) is 0.527. The van der Waals surface area contributed by atoms with Crippen molar-refractivity contribution in [2.45, 2.75) is 13.8 Å². The summed E-state index contributed by atoms with van der Waals surface area (Å²) < 4.78 is 1.77. The van der Waals surface area contributed by atoms with Crippen LogP contribution in [0.4, 0.5) is 10.6 Å². The third kappa shape index (κ3) is 3.01. The summed E-state index contributed by atoms with van der Waals surface area (Å²) in [6.07, 6.45) is 5.61. The molecule has 2 heterocycles. The summed E-state index contributed by atoms with van der Waals surface area (Å²) >= 11 is 0. The molecule has 0 saturated carbocycles. The molecular weight excluding hydrogens is 290 g/mol. The summed E-state index contributed by atoms with van der Waals surface area (Å²) in [6.45, 7) is 4.49. The molecule has 0 bridgehead atoms. The number of urea groups is 1. The van der Waals surface area contributed by atoms with Gasteiger partial charge in [0.05, 0.1) is 6.20 Å². The van der Waals surface area contributed by atoms with Gasteiger partial charge in [-0.1, -0.05) is 12.1 Å². The van der Waals surface area contributed by atoms with Crippen LogP contribution in [0.25, 0.3) is 21.9 Å². The van der Waals surface area contributed by atoms with Gasteiger partial charge in [0.1, 0.15) is 5.82 Å². The SMILES string of the molecule is CCNC(=O)Nc1cc2c(-c3cnn(C)c3)ccc(C)c2cn1. The number of carbonyl (C=O) groups is 1. The molecule has 0 spiro atoms. The normalized spacial score (nSPS) is 10.7. The summed E-state index contributed by atoms with van der Waals surface area (Å²) in [4.78, 5) is 16.0. The number of amides is 2. The van der Waals surface area contributed by atoms with Crippen LogP contribution in [-0.4, -0.2) is 27.3 Å². The second-order valence-electron chi connectivity index (χ2n) is 5.43. The third-order valence-corrected chi connectivity index (χ3v) is 3.71. The standard InChI is InChI=1S/C17H19N5O/c1-4-18-17(23)21-16-7-14-13(12-8-20-22(3)10-12)6-5-11(2)15(14)9-19-16/h5-10H,4H2,1-3H3,(H2,18,19,21,23). The molecule has 2 aromatic heterocycles. The zero-order valence-corrected chi connectivity index (χ0v) is 13.4. The largest absolute Gasteiger partial charge is 0.338 e. The van der Waals surface area contributed by atoms with Gasteiger partial charge in [-0.3, -0.25) is 10.00 Å². The number of fused-ring (bicyclic) bond motifs is 1. The van der Waals surface area contributed by atoms with Crippen molar-refractivity contribution < 1.29 is 4.79 Å². The van der Waals surface area contributed by atoms with Crippen LogP contribution < -0.4 is 10.6 Å². The summed E-state index contributed by atoms with van der Waals surface area (Å²) in [7, 11) is 1.89. The molecule has 0 saturated heterocycles. The Bertz CT molecular complexity index is 869. The van der Waals surface area contributed by atoms with Gasteiger partial charge in [0.2, 0.25) is 0 Å². The van der Waals surface area contributed by atoms with Crippen molar-refractivity contribution in [2.24, 2.45) is 7.05 Å². The lowest BCUT2D eigenvalue weighted by Gasteiger charge is -2.10. The molecule has 0 fully saturated rings. The van der Waals surface area contributed by atoms with Gasteiger partial charge in [0, 0.05) is 36.9 Å². The lowest BCUT2D eigenvalue weighted by atomic mass is 9.98. The second-order valence-corrected chi connectivity index (χ2v) is 5.43. The quantitative estimate of drug-likeness (QED) is 0.781. The first-order valence-electron chi connectivity index (χ1n) is 7.51. The van der Waals surface area contributed by atoms with Crippen molar-refractivity contribution in [1.82, 2.24) is 20.1 Å². The molecule has 0 aliphatic carbocycles. The average Bonchev–Trinajstić information content (AvgIpc) is 2.94. The van der Waals surface area contributed by atoms with Gasteiger partial charge in [0.15, 0.2) is 0 Å². The van der Waals surface area contributed by atoms with E-state index in [0.717, 1.165) is 27.5 Å². The third-order valence-electron chi connectivity index (χ3n) is 3.71. The maximum absolute atomic E-state index is 11.7. The fraction of sp³-hybridized carbons (Fsp3) is 0.235. The minimum atomic E-state index is -0.255. The molecule has 6 heteroatoms. The number of anilines is 1. The number of aromatic nitrogens is 3. The van der Waals surface area contributed by atoms with Gasteiger partial charge in [-0.15, -0.1) is 0 Å². The summed E-state index contributed by atoms with van der Waals surface area (Å²) in [5, 5.41) is 11.8. The van der Waals surface area contributed by atoms with Crippen LogP contribution in [0.2, 0.25) is 0 Å². The summed E-state index contributed by atoms with van der Waals surface area (Å²) in [5.41, 5.74) is 3.25.